The van der Waals surface area contributed by atoms with E-state index in [9.17, 15) is 32.3 Å². The number of esters is 2. The normalized spacial score (nSPS) is 18.9. The number of pyridine rings is 1. The molecule has 17 heteroatoms. The summed E-state index contributed by atoms with van der Waals surface area (Å²) >= 11 is 0. The Kier molecular flexibility index (Phi) is 14.6. The second kappa shape index (κ2) is 18.9. The van der Waals surface area contributed by atoms with Gasteiger partial charge >= 0.3 is 24.2 Å². The Morgan fingerprint density at radius 1 is 1.03 bits per heavy atom. The number of nitrogens with one attached hydrogen (secondary N) is 2. The average molecular weight is 845 g/mol. The monoisotopic (exact) mass is 844 g/mol. The maximum Gasteiger partial charge on any atom is 0.408 e. The molecule has 0 bridgehead atoms. The molecular formula is C43H59F3N6O8. The van der Waals surface area contributed by atoms with Gasteiger partial charge in [0.1, 0.15) is 24.2 Å². The number of likely N-dealkylation sites (tertiary alicyclic amines) is 1. The topological polar surface area (TPSA) is 154 Å². The highest BCUT2D eigenvalue weighted by Gasteiger charge is 2.38. The van der Waals surface area contributed by atoms with Crippen LogP contribution in [0.25, 0.3) is 22.2 Å². The van der Waals surface area contributed by atoms with Crippen LogP contribution in [-0.2, 0) is 46.3 Å². The maximum absolute atomic E-state index is 14.5. The molecule has 1 aromatic carbocycles. The third-order valence-electron chi connectivity index (χ3n) is 10.8. The number of aromatic nitrogens is 2. The molecular weight excluding hydrogens is 786 g/mol. The van der Waals surface area contributed by atoms with E-state index in [-0.39, 0.29) is 25.5 Å². The number of hydrogen-bond donors (Lipinski definition) is 2. The maximum atomic E-state index is 14.5. The van der Waals surface area contributed by atoms with Gasteiger partial charge in [0.15, 0.2) is 0 Å². The number of rotatable bonds is 14. The second-order valence-corrected chi connectivity index (χ2v) is 17.5. The molecule has 0 radical (unpaired) electrons. The summed E-state index contributed by atoms with van der Waals surface area (Å²) in [5, 5.41) is 4.74. The molecule has 2 N–H and O–H groups in total. The van der Waals surface area contributed by atoms with Crippen LogP contribution < -0.4 is 10.7 Å². The van der Waals surface area contributed by atoms with E-state index >= 15 is 0 Å². The van der Waals surface area contributed by atoms with E-state index in [1.54, 1.807) is 52.1 Å². The summed E-state index contributed by atoms with van der Waals surface area (Å²) in [5.41, 5.74) is 4.78. The zero-order chi connectivity index (χ0) is 44.2. The number of ether oxygens (including phenoxy) is 4. The Morgan fingerprint density at radius 3 is 2.42 bits per heavy atom. The molecule has 2 aromatic heterocycles. The van der Waals surface area contributed by atoms with E-state index in [4.69, 9.17) is 18.9 Å². The lowest BCUT2D eigenvalue weighted by molar-refractivity contribution is -0.150. The third kappa shape index (κ3) is 11.8. The van der Waals surface area contributed by atoms with E-state index in [2.05, 4.69) is 20.6 Å². The lowest BCUT2D eigenvalue weighted by Gasteiger charge is -2.35. The highest BCUT2D eigenvalue weighted by atomic mass is 19.4. The molecule has 4 heterocycles. The second-order valence-electron chi connectivity index (χ2n) is 17.5. The summed E-state index contributed by atoms with van der Waals surface area (Å²) in [6, 6.07) is 7.26. The highest BCUT2D eigenvalue weighted by Crippen LogP contribution is 2.43. The van der Waals surface area contributed by atoms with Crippen LogP contribution in [0.15, 0.2) is 36.5 Å². The summed E-state index contributed by atoms with van der Waals surface area (Å²) in [5.74, 6) is -1.45. The zero-order valence-corrected chi connectivity index (χ0v) is 36.0. The largest absolute Gasteiger partial charge is 0.468 e. The minimum Gasteiger partial charge on any atom is -0.468 e. The first kappa shape index (κ1) is 46.3. The summed E-state index contributed by atoms with van der Waals surface area (Å²) < 4.78 is 66.3. The average Bonchev–Trinajstić information content (AvgIpc) is 3.76. The Bertz CT molecular complexity index is 2030. The van der Waals surface area contributed by atoms with Crippen molar-refractivity contribution in [3.63, 3.8) is 0 Å². The highest BCUT2D eigenvalue weighted by molar-refractivity contribution is 5.93. The summed E-state index contributed by atoms with van der Waals surface area (Å²) in [4.78, 5) is 57.9. The van der Waals surface area contributed by atoms with Gasteiger partial charge in [-0.05, 0) is 101 Å². The van der Waals surface area contributed by atoms with Crippen molar-refractivity contribution in [2.75, 3.05) is 47.0 Å². The summed E-state index contributed by atoms with van der Waals surface area (Å²) in [6.07, 6.45) is -2.28. The van der Waals surface area contributed by atoms with Gasteiger partial charge in [0.25, 0.3) is 5.91 Å². The van der Waals surface area contributed by atoms with Crippen molar-refractivity contribution in [2.24, 2.45) is 5.41 Å². The van der Waals surface area contributed by atoms with Gasteiger partial charge in [0.05, 0.1) is 31.2 Å². The molecule has 0 aliphatic carbocycles. The Hall–Kier alpha value is -4.74. The minimum absolute atomic E-state index is 0.0485. The fourth-order valence-corrected chi connectivity index (χ4v) is 8.02. The minimum atomic E-state index is -4.56. The van der Waals surface area contributed by atoms with Crippen LogP contribution in [0, 0.1) is 5.41 Å². The van der Waals surface area contributed by atoms with Crippen LogP contribution in [0.1, 0.15) is 96.6 Å². The van der Waals surface area contributed by atoms with Gasteiger partial charge < -0.3 is 33.7 Å². The molecule has 14 nitrogen and oxygen atoms in total. The van der Waals surface area contributed by atoms with Gasteiger partial charge in [-0.25, -0.2) is 10.2 Å². The van der Waals surface area contributed by atoms with Crippen LogP contribution in [0.4, 0.5) is 18.0 Å². The Morgan fingerprint density at radius 2 is 1.77 bits per heavy atom. The standard InChI is InChI=1S/C43H59F3N6O8/c1-26(57-8)36-30(12-10-17-47-36)37-32(21-42(6,7)25-59-27(2)53)31-20-28(14-15-35(31)51(37)24-43(44,45)46)29-16-19-50(22-29)23-34(48-40(56)60-41(3,4)5)38(54)52-18-11-13-33(49-52)39(55)58-9/h10,12,14-15,17,20,26,29,33-34,49H,11,13,16,18-19,21-25H2,1-9H3,(H,48,56)/t26-,29?,33-,34-/m0/s1. The molecule has 60 heavy (non-hydrogen) atoms. The number of methoxy groups -OCH3 is 2. The predicted molar refractivity (Wildman–Crippen MR) is 218 cm³/mol. The number of benzene rings is 1. The van der Waals surface area contributed by atoms with Crippen LogP contribution in [-0.4, -0.2) is 114 Å². The molecule has 2 amide bonds. The number of alkyl halides is 3. The molecule has 2 aliphatic heterocycles. The van der Waals surface area contributed by atoms with Crippen LogP contribution >= 0.6 is 0 Å². The molecule has 330 valence electrons. The van der Waals surface area contributed by atoms with Crippen LogP contribution in [0.2, 0.25) is 0 Å². The number of fused-ring (bicyclic) bond motifs is 1. The van der Waals surface area contributed by atoms with Crippen LogP contribution in [0.5, 0.6) is 0 Å². The molecule has 0 spiro atoms. The molecule has 2 saturated heterocycles. The Labute approximate surface area is 349 Å². The van der Waals surface area contributed by atoms with Crippen molar-refractivity contribution in [3.05, 3.63) is 53.3 Å². The number of hydrazine groups is 1. The lowest BCUT2D eigenvalue weighted by atomic mass is 9.84. The van der Waals surface area contributed by atoms with Gasteiger partial charge in [0, 0.05) is 61.7 Å². The van der Waals surface area contributed by atoms with E-state index in [0.29, 0.717) is 72.3 Å². The number of carbonyl (C=O) groups excluding carboxylic acids is 4. The molecule has 0 saturated carbocycles. The fourth-order valence-electron chi connectivity index (χ4n) is 8.02. The number of alkyl carbamates (subject to hydrolysis) is 1. The van der Waals surface area contributed by atoms with Crippen LogP contribution in [0.3, 0.4) is 0 Å². The molecule has 2 fully saturated rings. The zero-order valence-electron chi connectivity index (χ0n) is 36.0. The van der Waals surface area contributed by atoms with Gasteiger partial charge in [-0.3, -0.25) is 24.4 Å². The van der Waals surface area contributed by atoms with Gasteiger partial charge in [-0.1, -0.05) is 19.9 Å². The van der Waals surface area contributed by atoms with E-state index < -0.39 is 65.9 Å². The fraction of sp³-hybridized carbons (Fsp3) is 0.605. The van der Waals surface area contributed by atoms with Gasteiger partial charge in [-0.15, -0.1) is 0 Å². The number of amides is 2. The van der Waals surface area contributed by atoms with E-state index in [1.165, 1.54) is 30.7 Å². The van der Waals surface area contributed by atoms with Crippen molar-refractivity contribution in [1.82, 2.24) is 30.2 Å². The lowest BCUT2D eigenvalue weighted by Crippen LogP contribution is -2.62. The molecule has 2 aliphatic rings. The first-order valence-corrected chi connectivity index (χ1v) is 20.3. The Balaban J connectivity index is 1.53. The predicted octanol–water partition coefficient (Wildman–Crippen LogP) is 6.46. The first-order valence-electron chi connectivity index (χ1n) is 20.3. The number of halogens is 3. The molecule has 1 unspecified atom stereocenters. The van der Waals surface area contributed by atoms with E-state index in [1.807, 2.05) is 26.0 Å². The number of nitrogens with zero attached hydrogens (tertiary/aromatic N) is 4. The SMILES string of the molecule is COC(=O)[C@@H]1CCCN(C(=O)[C@H](CN2CCC(c3ccc4c(c3)c(CC(C)(C)COC(C)=O)c(-c3cccnc3[C@H](C)OC)n4CC(F)(F)F)C2)NC(=O)OC(C)(C)C)N1. The summed E-state index contributed by atoms with van der Waals surface area (Å²) in [7, 11) is 2.80. The number of carbonyl (C=O) groups is 4. The van der Waals surface area contributed by atoms with Crippen molar-refractivity contribution in [1.29, 1.82) is 0 Å². The van der Waals surface area contributed by atoms with Gasteiger partial charge in [0.2, 0.25) is 0 Å². The third-order valence-corrected chi connectivity index (χ3v) is 10.8. The number of hydrogen-bond acceptors (Lipinski definition) is 11. The van der Waals surface area contributed by atoms with Crippen molar-refractivity contribution in [2.45, 2.75) is 117 Å². The molecule has 5 rings (SSSR count). The van der Waals surface area contributed by atoms with Crippen molar-refractivity contribution < 1.29 is 51.3 Å². The quantitative estimate of drug-likeness (QED) is 0.136. The summed E-state index contributed by atoms with van der Waals surface area (Å²) in [6.45, 7) is 12.4. The molecule has 3 aromatic rings. The van der Waals surface area contributed by atoms with Crippen molar-refractivity contribution in [3.8, 4) is 11.3 Å². The molecule has 4 atom stereocenters. The van der Waals surface area contributed by atoms with Gasteiger partial charge in [-0.2, -0.15) is 13.2 Å². The van der Waals surface area contributed by atoms with Crippen molar-refractivity contribution >= 4 is 34.8 Å². The van der Waals surface area contributed by atoms with E-state index in [0.717, 1.165) is 5.56 Å². The first-order chi connectivity index (χ1) is 28.1. The smallest absolute Gasteiger partial charge is 0.408 e.